The van der Waals surface area contributed by atoms with Crippen LogP contribution >= 0.6 is 11.6 Å². The topological polar surface area (TPSA) is 67.6 Å². The highest BCUT2D eigenvalue weighted by Gasteiger charge is 2.18. The highest BCUT2D eigenvalue weighted by molar-refractivity contribution is 6.31. The molecule has 6 nitrogen and oxygen atoms in total. The molecule has 1 amide bonds. The zero-order valence-electron chi connectivity index (χ0n) is 20.0. The number of nitrogens with zero attached hydrogens (tertiary/aromatic N) is 2. The summed E-state index contributed by atoms with van der Waals surface area (Å²) in [6.45, 7) is 2.89. The van der Waals surface area contributed by atoms with Gasteiger partial charge in [0.05, 0.1) is 6.04 Å². The predicted molar refractivity (Wildman–Crippen MR) is 138 cm³/mol. The number of hydrogen-bond donors (Lipinski definition) is 1. The van der Waals surface area contributed by atoms with Gasteiger partial charge >= 0.3 is 0 Å². The number of nitrogens with one attached hydrogen (secondary N) is 1. The summed E-state index contributed by atoms with van der Waals surface area (Å²) in [7, 11) is 3.99. The number of carbonyl (C=O) groups excluding carboxylic acids is 1. The fourth-order valence-corrected chi connectivity index (χ4v) is 3.87. The number of amides is 1. The van der Waals surface area contributed by atoms with Crippen molar-refractivity contribution in [3.8, 4) is 17.1 Å². The lowest BCUT2D eigenvalue weighted by Crippen LogP contribution is -2.34. The third-order valence-corrected chi connectivity index (χ3v) is 6.14. The molecule has 180 valence electrons. The fourth-order valence-electron chi connectivity index (χ4n) is 3.68. The number of aromatic nitrogens is 1. The van der Waals surface area contributed by atoms with Crippen LogP contribution in [0.5, 0.6) is 5.75 Å². The molecule has 1 unspecified atom stereocenters. The van der Waals surface area contributed by atoms with E-state index in [1.807, 2.05) is 62.6 Å². The van der Waals surface area contributed by atoms with Gasteiger partial charge in [0.15, 0.2) is 11.5 Å². The molecule has 1 N–H and O–H groups in total. The van der Waals surface area contributed by atoms with Gasteiger partial charge in [-0.05, 0) is 56.9 Å². The van der Waals surface area contributed by atoms with Crippen LogP contribution in [0.25, 0.3) is 11.3 Å². The summed E-state index contributed by atoms with van der Waals surface area (Å²) >= 11 is 6.18. The van der Waals surface area contributed by atoms with Crippen molar-refractivity contribution < 1.29 is 14.1 Å². The molecule has 1 heterocycles. The molecule has 0 aliphatic carbocycles. The first-order chi connectivity index (χ1) is 16.9. The Balaban J connectivity index is 1.36. The van der Waals surface area contributed by atoms with E-state index in [1.54, 1.807) is 6.07 Å². The first-order valence-corrected chi connectivity index (χ1v) is 11.7. The Hall–Kier alpha value is -3.61. The average Bonchev–Trinajstić information content (AvgIpc) is 3.35. The van der Waals surface area contributed by atoms with E-state index in [4.69, 9.17) is 20.9 Å². The number of carbonyl (C=O) groups is 1. The number of aryl methyl sites for hydroxylation is 1. The third kappa shape index (κ3) is 6.29. The van der Waals surface area contributed by atoms with Crippen LogP contribution in [0.2, 0.25) is 5.02 Å². The van der Waals surface area contributed by atoms with Crippen LogP contribution in [-0.2, 0) is 6.61 Å². The Bertz CT molecular complexity index is 1270. The van der Waals surface area contributed by atoms with E-state index in [1.165, 1.54) is 5.56 Å². The van der Waals surface area contributed by atoms with E-state index in [-0.39, 0.29) is 17.6 Å². The predicted octanol–water partition coefficient (Wildman–Crippen LogP) is 5.92. The molecule has 0 bridgehead atoms. The maximum atomic E-state index is 12.7. The van der Waals surface area contributed by atoms with E-state index >= 15 is 0 Å². The first kappa shape index (κ1) is 24.5. The number of benzene rings is 3. The largest absolute Gasteiger partial charge is 0.489 e. The van der Waals surface area contributed by atoms with E-state index in [0.717, 1.165) is 16.7 Å². The van der Waals surface area contributed by atoms with Crippen LogP contribution < -0.4 is 10.1 Å². The Morgan fingerprint density at radius 3 is 2.46 bits per heavy atom. The summed E-state index contributed by atoms with van der Waals surface area (Å²) in [6.07, 6.45) is 0. The van der Waals surface area contributed by atoms with Gasteiger partial charge in [-0.25, -0.2) is 0 Å². The SMILES string of the molecule is Cc1ccc(C(CNC(=O)c2cc(-c3ccc(OCc4ccccc4Cl)cc3)on2)N(C)C)cc1. The van der Waals surface area contributed by atoms with Gasteiger partial charge in [-0.2, -0.15) is 0 Å². The summed E-state index contributed by atoms with van der Waals surface area (Å²) < 4.78 is 11.3. The Labute approximate surface area is 210 Å². The normalized spacial score (nSPS) is 11.9. The summed E-state index contributed by atoms with van der Waals surface area (Å²) in [5.41, 5.74) is 4.29. The third-order valence-electron chi connectivity index (χ3n) is 5.78. The molecule has 1 aromatic heterocycles. The minimum absolute atomic E-state index is 0.0456. The number of halogens is 1. The van der Waals surface area contributed by atoms with Crippen molar-refractivity contribution in [2.75, 3.05) is 20.6 Å². The molecule has 0 aliphatic heterocycles. The highest BCUT2D eigenvalue weighted by atomic mass is 35.5. The smallest absolute Gasteiger partial charge is 0.273 e. The van der Waals surface area contributed by atoms with Crippen LogP contribution in [0.1, 0.15) is 33.2 Å². The van der Waals surface area contributed by atoms with Gasteiger partial charge in [-0.3, -0.25) is 4.79 Å². The van der Waals surface area contributed by atoms with E-state index in [0.29, 0.717) is 29.7 Å². The molecule has 0 saturated heterocycles. The van der Waals surface area contributed by atoms with Gasteiger partial charge in [0.1, 0.15) is 12.4 Å². The van der Waals surface area contributed by atoms with Crippen molar-refractivity contribution in [3.05, 3.63) is 106 Å². The molecule has 35 heavy (non-hydrogen) atoms. The Morgan fingerprint density at radius 2 is 1.77 bits per heavy atom. The molecular weight excluding hydrogens is 462 g/mol. The van der Waals surface area contributed by atoms with Crippen molar-refractivity contribution in [3.63, 3.8) is 0 Å². The summed E-state index contributed by atoms with van der Waals surface area (Å²) in [4.78, 5) is 14.8. The first-order valence-electron chi connectivity index (χ1n) is 11.4. The quantitative estimate of drug-likeness (QED) is 0.316. The number of rotatable bonds is 9. The van der Waals surface area contributed by atoms with Crippen LogP contribution in [0, 0.1) is 6.92 Å². The van der Waals surface area contributed by atoms with Gasteiger partial charge in [-0.15, -0.1) is 0 Å². The van der Waals surface area contributed by atoms with Crippen LogP contribution in [0.4, 0.5) is 0 Å². The molecule has 0 spiro atoms. The Morgan fingerprint density at radius 1 is 1.06 bits per heavy atom. The Kier molecular flexibility index (Phi) is 7.85. The lowest BCUT2D eigenvalue weighted by atomic mass is 10.0. The van der Waals surface area contributed by atoms with Crippen molar-refractivity contribution >= 4 is 17.5 Å². The second-order valence-corrected chi connectivity index (χ2v) is 8.99. The summed E-state index contributed by atoms with van der Waals surface area (Å²) in [5, 5.41) is 7.61. The standard InChI is InChI=1S/C28H28ClN3O3/c1-19-8-10-20(11-9-19)26(32(2)3)17-30-28(33)25-16-27(35-31-25)21-12-14-23(15-13-21)34-18-22-6-4-5-7-24(22)29/h4-16,26H,17-18H2,1-3H3,(H,30,33). The number of hydrogen-bond acceptors (Lipinski definition) is 5. The molecule has 4 aromatic rings. The van der Waals surface area contributed by atoms with E-state index in [2.05, 4.69) is 46.6 Å². The summed E-state index contributed by atoms with van der Waals surface area (Å²) in [6, 6.07) is 25.0. The van der Waals surface area contributed by atoms with Crippen molar-refractivity contribution in [2.24, 2.45) is 0 Å². The summed E-state index contributed by atoms with van der Waals surface area (Å²) in [5.74, 6) is 0.936. The van der Waals surface area contributed by atoms with Gasteiger partial charge in [0, 0.05) is 28.8 Å². The molecule has 0 fully saturated rings. The number of ether oxygens (including phenoxy) is 1. The van der Waals surface area contributed by atoms with E-state index < -0.39 is 0 Å². The molecule has 0 aliphatic rings. The highest BCUT2D eigenvalue weighted by Crippen LogP contribution is 2.25. The van der Waals surface area contributed by atoms with Gasteiger partial charge in [0.2, 0.25) is 0 Å². The van der Waals surface area contributed by atoms with Crippen molar-refractivity contribution in [1.29, 1.82) is 0 Å². The van der Waals surface area contributed by atoms with Crippen LogP contribution in [0.15, 0.2) is 83.4 Å². The lowest BCUT2D eigenvalue weighted by molar-refractivity contribution is 0.0933. The molecule has 1 atom stereocenters. The molecule has 0 saturated carbocycles. The van der Waals surface area contributed by atoms with Crippen LogP contribution in [0.3, 0.4) is 0 Å². The maximum absolute atomic E-state index is 12.7. The van der Waals surface area contributed by atoms with Gasteiger partial charge in [-0.1, -0.05) is 64.8 Å². The van der Waals surface area contributed by atoms with E-state index in [9.17, 15) is 4.79 Å². The van der Waals surface area contributed by atoms with Gasteiger partial charge in [0.25, 0.3) is 5.91 Å². The van der Waals surface area contributed by atoms with Crippen molar-refractivity contribution in [1.82, 2.24) is 15.4 Å². The maximum Gasteiger partial charge on any atom is 0.273 e. The second kappa shape index (κ2) is 11.2. The van der Waals surface area contributed by atoms with Crippen LogP contribution in [-0.4, -0.2) is 36.6 Å². The molecule has 0 radical (unpaired) electrons. The molecule has 7 heteroatoms. The lowest BCUT2D eigenvalue weighted by Gasteiger charge is -2.25. The fraction of sp³-hybridized carbons (Fsp3) is 0.214. The number of likely N-dealkylation sites (N-methyl/N-ethyl adjacent to an activating group) is 1. The molecule has 4 rings (SSSR count). The zero-order chi connectivity index (χ0) is 24.8. The van der Waals surface area contributed by atoms with Gasteiger partial charge < -0.3 is 19.5 Å². The molecular formula is C28H28ClN3O3. The minimum Gasteiger partial charge on any atom is -0.489 e. The monoisotopic (exact) mass is 489 g/mol. The molecule has 3 aromatic carbocycles. The average molecular weight is 490 g/mol. The minimum atomic E-state index is -0.279. The van der Waals surface area contributed by atoms with Crippen molar-refractivity contribution in [2.45, 2.75) is 19.6 Å². The zero-order valence-corrected chi connectivity index (χ0v) is 20.8. The second-order valence-electron chi connectivity index (χ2n) is 8.58.